The maximum atomic E-state index is 12.7. The number of rotatable bonds is 0. The number of aromatic nitrogens is 2. The summed E-state index contributed by atoms with van der Waals surface area (Å²) in [5.74, 6) is -0.375. The van der Waals surface area contributed by atoms with Crippen LogP contribution in [0.2, 0.25) is 0 Å². The number of hydrogen-bond donors (Lipinski definition) is 0. The van der Waals surface area contributed by atoms with Crippen molar-refractivity contribution in [2.45, 2.75) is 33.2 Å². The molecule has 0 aromatic carbocycles. The first-order chi connectivity index (χ1) is 4.91. The molecule has 2 nitrogen and oxygen atoms in total. The zero-order valence-electron chi connectivity index (χ0n) is 7.35. The summed E-state index contributed by atoms with van der Waals surface area (Å²) in [5.41, 5.74) is 0.467. The largest absolute Gasteiger partial charge is 0.264 e. The molecular formula is C8H13FN2. The van der Waals surface area contributed by atoms with E-state index in [0.717, 1.165) is 0 Å². The molecule has 0 saturated carbocycles. The maximum absolute atomic E-state index is 12.7. The van der Waals surface area contributed by atoms with Crippen LogP contribution in [-0.2, 0) is 5.54 Å². The highest BCUT2D eigenvalue weighted by Crippen LogP contribution is 2.14. The van der Waals surface area contributed by atoms with Crippen molar-refractivity contribution >= 4 is 0 Å². The summed E-state index contributed by atoms with van der Waals surface area (Å²) in [4.78, 5) is 0. The fraction of sp³-hybridized carbons (Fsp3) is 0.625. The van der Waals surface area contributed by atoms with Crippen molar-refractivity contribution < 1.29 is 4.39 Å². The number of aryl methyl sites for hydroxylation is 1. The normalized spacial score (nSPS) is 12.1. The van der Waals surface area contributed by atoms with E-state index >= 15 is 0 Å². The highest BCUT2D eigenvalue weighted by Gasteiger charge is 2.15. The van der Waals surface area contributed by atoms with E-state index in [-0.39, 0.29) is 11.5 Å². The Bertz CT molecular complexity index is 238. The zero-order valence-corrected chi connectivity index (χ0v) is 7.35. The molecule has 1 aromatic rings. The first kappa shape index (κ1) is 8.24. The second-order valence-electron chi connectivity index (χ2n) is 3.72. The van der Waals surface area contributed by atoms with Gasteiger partial charge in [0.1, 0.15) is 0 Å². The van der Waals surface area contributed by atoms with Crippen LogP contribution < -0.4 is 0 Å². The van der Waals surface area contributed by atoms with Crippen LogP contribution in [0.25, 0.3) is 0 Å². The molecule has 1 rings (SSSR count). The van der Waals surface area contributed by atoms with Gasteiger partial charge in [-0.2, -0.15) is 4.39 Å². The molecule has 0 unspecified atom stereocenters. The van der Waals surface area contributed by atoms with Crippen molar-refractivity contribution in [3.63, 3.8) is 0 Å². The van der Waals surface area contributed by atoms with Gasteiger partial charge in [-0.15, -0.1) is 5.10 Å². The van der Waals surface area contributed by atoms with Gasteiger partial charge in [0.25, 0.3) is 0 Å². The van der Waals surface area contributed by atoms with Gasteiger partial charge in [-0.25, -0.2) is 0 Å². The smallest absolute Gasteiger partial charge is 0.235 e. The van der Waals surface area contributed by atoms with Gasteiger partial charge in [-0.05, 0) is 27.7 Å². The van der Waals surface area contributed by atoms with Crippen molar-refractivity contribution in [2.75, 3.05) is 0 Å². The Kier molecular flexibility index (Phi) is 1.74. The maximum Gasteiger partial charge on any atom is 0.235 e. The monoisotopic (exact) mass is 156 g/mol. The lowest BCUT2D eigenvalue weighted by atomic mass is 10.1. The number of hydrogen-bond acceptors (Lipinski definition) is 1. The van der Waals surface area contributed by atoms with E-state index < -0.39 is 0 Å². The molecule has 0 N–H and O–H groups in total. The zero-order chi connectivity index (χ0) is 8.65. The van der Waals surface area contributed by atoms with Crippen molar-refractivity contribution in [1.29, 1.82) is 0 Å². The molecular weight excluding hydrogens is 143 g/mol. The van der Waals surface area contributed by atoms with Gasteiger partial charge in [0, 0.05) is 11.8 Å². The second kappa shape index (κ2) is 2.32. The van der Waals surface area contributed by atoms with Gasteiger partial charge >= 0.3 is 0 Å². The quantitative estimate of drug-likeness (QED) is 0.562. The molecule has 1 heterocycles. The molecule has 0 atom stereocenters. The average Bonchev–Trinajstić information content (AvgIpc) is 2.11. The standard InChI is InChI=1S/C8H13FN2/c1-6-5-11(8(2,3)4)10-7(6)9/h5H,1-4H3. The summed E-state index contributed by atoms with van der Waals surface area (Å²) >= 11 is 0. The third-order valence-corrected chi connectivity index (χ3v) is 1.52. The Morgan fingerprint density at radius 3 is 2.18 bits per heavy atom. The van der Waals surface area contributed by atoms with Crippen molar-refractivity contribution in [3.8, 4) is 0 Å². The van der Waals surface area contributed by atoms with Gasteiger partial charge in [-0.1, -0.05) is 0 Å². The summed E-state index contributed by atoms with van der Waals surface area (Å²) < 4.78 is 14.4. The molecule has 0 saturated heterocycles. The molecule has 0 amide bonds. The highest BCUT2D eigenvalue weighted by molar-refractivity contribution is 5.04. The summed E-state index contributed by atoms with van der Waals surface area (Å²) in [5, 5.41) is 3.73. The van der Waals surface area contributed by atoms with Gasteiger partial charge < -0.3 is 0 Å². The summed E-state index contributed by atoms with van der Waals surface area (Å²) in [6.45, 7) is 7.67. The first-order valence-corrected chi connectivity index (χ1v) is 3.63. The molecule has 0 radical (unpaired) electrons. The molecule has 0 bridgehead atoms. The number of nitrogens with zero attached hydrogens (tertiary/aromatic N) is 2. The average molecular weight is 156 g/mol. The van der Waals surface area contributed by atoms with Crippen molar-refractivity contribution in [1.82, 2.24) is 9.78 Å². The molecule has 0 spiro atoms. The van der Waals surface area contributed by atoms with E-state index in [0.29, 0.717) is 5.56 Å². The van der Waals surface area contributed by atoms with Crippen molar-refractivity contribution in [3.05, 3.63) is 17.7 Å². The summed E-state index contributed by atoms with van der Waals surface area (Å²) in [6.07, 6.45) is 1.72. The minimum absolute atomic E-state index is 0.130. The van der Waals surface area contributed by atoms with Crippen LogP contribution in [0.3, 0.4) is 0 Å². The molecule has 0 fully saturated rings. The molecule has 62 valence electrons. The predicted octanol–water partition coefficient (Wildman–Crippen LogP) is 2.09. The van der Waals surface area contributed by atoms with E-state index in [1.165, 1.54) is 0 Å². The Morgan fingerprint density at radius 1 is 1.45 bits per heavy atom. The van der Waals surface area contributed by atoms with Gasteiger partial charge in [0.15, 0.2) is 0 Å². The molecule has 0 aliphatic carbocycles. The summed E-state index contributed by atoms with van der Waals surface area (Å²) in [6, 6.07) is 0. The van der Waals surface area contributed by atoms with E-state index in [1.807, 2.05) is 20.8 Å². The van der Waals surface area contributed by atoms with E-state index in [2.05, 4.69) is 5.10 Å². The van der Waals surface area contributed by atoms with E-state index in [9.17, 15) is 4.39 Å². The lowest BCUT2D eigenvalue weighted by Gasteiger charge is -2.18. The lowest BCUT2D eigenvalue weighted by Crippen LogP contribution is -2.22. The van der Waals surface area contributed by atoms with Crippen LogP contribution in [0, 0.1) is 12.9 Å². The Morgan fingerprint density at radius 2 is 2.00 bits per heavy atom. The van der Waals surface area contributed by atoms with Gasteiger partial charge in [-0.3, -0.25) is 4.68 Å². The second-order valence-corrected chi connectivity index (χ2v) is 3.72. The van der Waals surface area contributed by atoms with Crippen LogP contribution in [0.5, 0.6) is 0 Å². The molecule has 1 aromatic heterocycles. The van der Waals surface area contributed by atoms with Crippen LogP contribution in [0.15, 0.2) is 6.20 Å². The van der Waals surface area contributed by atoms with Gasteiger partial charge in [0.05, 0.1) is 5.54 Å². The van der Waals surface area contributed by atoms with Gasteiger partial charge in [0.2, 0.25) is 5.95 Å². The predicted molar refractivity (Wildman–Crippen MR) is 41.9 cm³/mol. The minimum Gasteiger partial charge on any atom is -0.264 e. The van der Waals surface area contributed by atoms with Crippen LogP contribution >= 0.6 is 0 Å². The highest BCUT2D eigenvalue weighted by atomic mass is 19.1. The Labute approximate surface area is 66.0 Å². The van der Waals surface area contributed by atoms with Crippen LogP contribution in [0.4, 0.5) is 4.39 Å². The SMILES string of the molecule is Cc1cn(C(C)(C)C)nc1F. The number of halogens is 1. The van der Waals surface area contributed by atoms with E-state index in [4.69, 9.17) is 0 Å². The first-order valence-electron chi connectivity index (χ1n) is 3.63. The Balaban J connectivity index is 3.08. The topological polar surface area (TPSA) is 17.8 Å². The van der Waals surface area contributed by atoms with E-state index in [1.54, 1.807) is 17.8 Å². The van der Waals surface area contributed by atoms with Crippen molar-refractivity contribution in [2.24, 2.45) is 0 Å². The fourth-order valence-electron chi connectivity index (χ4n) is 0.783. The molecule has 3 heteroatoms. The Hall–Kier alpha value is -0.860. The summed E-state index contributed by atoms with van der Waals surface area (Å²) in [7, 11) is 0. The molecule has 0 aliphatic rings. The van der Waals surface area contributed by atoms with Crippen LogP contribution in [-0.4, -0.2) is 9.78 Å². The lowest BCUT2D eigenvalue weighted by molar-refractivity contribution is 0.342. The third kappa shape index (κ3) is 1.59. The van der Waals surface area contributed by atoms with Crippen LogP contribution in [0.1, 0.15) is 26.3 Å². The molecule has 0 aliphatic heterocycles. The third-order valence-electron chi connectivity index (χ3n) is 1.52. The minimum atomic E-state index is -0.375. The molecule has 11 heavy (non-hydrogen) atoms. The fourth-order valence-corrected chi connectivity index (χ4v) is 0.783.